The number of carboxylic acids is 1. The second-order valence-electron chi connectivity index (χ2n) is 5.75. The molecule has 140 valence electrons. The molecule has 2 heterocycles. The minimum atomic E-state index is -0.902. The van der Waals surface area contributed by atoms with E-state index in [1.807, 2.05) is 17.5 Å². The van der Waals surface area contributed by atoms with E-state index in [2.05, 4.69) is 5.32 Å². The smallest absolute Gasteiger partial charge is 0.303 e. The van der Waals surface area contributed by atoms with E-state index in [4.69, 9.17) is 14.6 Å². The highest BCUT2D eigenvalue weighted by molar-refractivity contribution is 7.10. The first kappa shape index (κ1) is 18.7. The Bertz CT molecular complexity index is 888. The zero-order valence-electron chi connectivity index (χ0n) is 14.3. The lowest BCUT2D eigenvalue weighted by molar-refractivity contribution is -0.137. The van der Waals surface area contributed by atoms with Crippen molar-refractivity contribution < 1.29 is 29.0 Å². The van der Waals surface area contributed by atoms with Crippen molar-refractivity contribution in [1.29, 1.82) is 0 Å². The van der Waals surface area contributed by atoms with Gasteiger partial charge in [-0.3, -0.25) is 14.4 Å². The summed E-state index contributed by atoms with van der Waals surface area (Å²) in [5.41, 5.74) is 0.447. The lowest BCUT2D eigenvalue weighted by Crippen LogP contribution is -2.29. The van der Waals surface area contributed by atoms with Crippen molar-refractivity contribution in [2.24, 2.45) is 0 Å². The molecular formula is C19H17NO6S. The summed E-state index contributed by atoms with van der Waals surface area (Å²) in [6.07, 6.45) is 2.05. The van der Waals surface area contributed by atoms with Gasteiger partial charge in [-0.1, -0.05) is 6.07 Å². The minimum absolute atomic E-state index is 0.00134. The second-order valence-corrected chi connectivity index (χ2v) is 6.73. The van der Waals surface area contributed by atoms with Gasteiger partial charge >= 0.3 is 5.97 Å². The summed E-state index contributed by atoms with van der Waals surface area (Å²) >= 11 is 1.50. The molecule has 0 unspecified atom stereocenters. The maximum atomic E-state index is 12.4. The van der Waals surface area contributed by atoms with Gasteiger partial charge in [-0.15, -0.1) is 11.3 Å². The molecule has 1 aromatic carbocycles. The third-order valence-electron chi connectivity index (χ3n) is 3.72. The molecule has 0 aliphatic carbocycles. The van der Waals surface area contributed by atoms with Gasteiger partial charge in [0.05, 0.1) is 5.56 Å². The quantitative estimate of drug-likeness (QED) is 0.533. The van der Waals surface area contributed by atoms with Gasteiger partial charge < -0.3 is 19.9 Å². The molecular weight excluding hydrogens is 370 g/mol. The van der Waals surface area contributed by atoms with Crippen LogP contribution in [0.25, 0.3) is 6.08 Å². The Balaban J connectivity index is 1.54. The number of Topliss-reactive ketones (excluding diaryl/α,β-unsaturated/α-hetero) is 1. The van der Waals surface area contributed by atoms with Crippen LogP contribution in [0.5, 0.6) is 11.5 Å². The van der Waals surface area contributed by atoms with Crippen molar-refractivity contribution >= 4 is 35.1 Å². The zero-order chi connectivity index (χ0) is 19.2. The van der Waals surface area contributed by atoms with Gasteiger partial charge in [0.15, 0.2) is 12.4 Å². The molecule has 1 aromatic heterocycles. The number of allylic oxidation sites excluding steroid dienone is 1. The highest BCUT2D eigenvalue weighted by Gasteiger charge is 2.27. The Hall–Kier alpha value is -3.13. The predicted octanol–water partition coefficient (Wildman–Crippen LogP) is 2.72. The minimum Gasteiger partial charge on any atom is -0.484 e. The highest BCUT2D eigenvalue weighted by Crippen LogP contribution is 2.35. The van der Waals surface area contributed by atoms with Gasteiger partial charge in [-0.05, 0) is 30.0 Å². The lowest BCUT2D eigenvalue weighted by atomic mass is 10.1. The van der Waals surface area contributed by atoms with Crippen LogP contribution in [0.4, 0.5) is 0 Å². The first-order chi connectivity index (χ1) is 13.0. The maximum Gasteiger partial charge on any atom is 0.303 e. The van der Waals surface area contributed by atoms with Crippen LogP contribution in [-0.2, 0) is 9.59 Å². The van der Waals surface area contributed by atoms with Gasteiger partial charge in [0.25, 0.3) is 5.91 Å². The first-order valence-corrected chi connectivity index (χ1v) is 9.14. The van der Waals surface area contributed by atoms with Gasteiger partial charge in [-0.2, -0.15) is 0 Å². The number of benzene rings is 1. The van der Waals surface area contributed by atoms with E-state index in [1.54, 1.807) is 24.3 Å². The van der Waals surface area contributed by atoms with Crippen molar-refractivity contribution in [3.63, 3.8) is 0 Å². The van der Waals surface area contributed by atoms with Crippen LogP contribution in [0.2, 0.25) is 0 Å². The summed E-state index contributed by atoms with van der Waals surface area (Å²) in [7, 11) is 0. The van der Waals surface area contributed by atoms with E-state index < -0.39 is 5.97 Å². The average Bonchev–Trinajstić information content (AvgIpc) is 3.25. The number of aliphatic carboxylic acids is 1. The molecule has 1 aliphatic heterocycles. The average molecular weight is 387 g/mol. The molecule has 0 bridgehead atoms. The van der Waals surface area contributed by atoms with Crippen LogP contribution in [0.1, 0.15) is 28.1 Å². The van der Waals surface area contributed by atoms with Crippen LogP contribution in [0.3, 0.4) is 0 Å². The van der Waals surface area contributed by atoms with Crippen LogP contribution in [0, 0.1) is 0 Å². The number of amides is 1. The molecule has 3 rings (SSSR count). The molecule has 0 fully saturated rings. The molecule has 0 spiro atoms. The summed E-state index contributed by atoms with van der Waals surface area (Å²) in [6.45, 7) is 0.0604. The largest absolute Gasteiger partial charge is 0.484 e. The molecule has 0 saturated heterocycles. The number of ketones is 1. The molecule has 0 saturated carbocycles. The molecule has 27 heavy (non-hydrogen) atoms. The molecule has 2 N–H and O–H groups in total. The summed E-state index contributed by atoms with van der Waals surface area (Å²) in [6, 6.07) is 8.56. The Labute approximate surface area is 159 Å². The highest BCUT2D eigenvalue weighted by atomic mass is 32.1. The van der Waals surface area contributed by atoms with Gasteiger partial charge in [0, 0.05) is 30.0 Å². The maximum absolute atomic E-state index is 12.4. The van der Waals surface area contributed by atoms with Crippen molar-refractivity contribution in [1.82, 2.24) is 5.32 Å². The fourth-order valence-corrected chi connectivity index (χ4v) is 3.07. The number of carbonyl (C=O) groups is 3. The Kier molecular flexibility index (Phi) is 5.87. The molecule has 2 aromatic rings. The van der Waals surface area contributed by atoms with E-state index in [0.29, 0.717) is 23.5 Å². The molecule has 1 amide bonds. The fourth-order valence-electron chi connectivity index (χ4n) is 2.43. The number of carbonyl (C=O) groups excluding carboxylic acids is 2. The van der Waals surface area contributed by atoms with Gasteiger partial charge in [0.1, 0.15) is 11.5 Å². The SMILES string of the molecule is O=C(O)CCCNC(=O)COc1ccc2c(c1)OC(=Cc1cccs1)C2=O. The van der Waals surface area contributed by atoms with Crippen molar-refractivity contribution in [3.8, 4) is 11.5 Å². The van der Waals surface area contributed by atoms with Crippen LogP contribution < -0.4 is 14.8 Å². The number of fused-ring (bicyclic) bond motifs is 1. The van der Waals surface area contributed by atoms with E-state index in [0.717, 1.165) is 4.88 Å². The summed E-state index contributed by atoms with van der Waals surface area (Å²) in [5.74, 6) is -0.402. The summed E-state index contributed by atoms with van der Waals surface area (Å²) < 4.78 is 11.0. The Morgan fingerprint density at radius 3 is 2.89 bits per heavy atom. The molecule has 0 atom stereocenters. The molecule has 7 nitrogen and oxygen atoms in total. The number of rotatable bonds is 8. The number of ether oxygens (including phenoxy) is 2. The van der Waals surface area contributed by atoms with Crippen LogP contribution in [-0.4, -0.2) is 35.9 Å². The number of carboxylic acid groups (broad SMARTS) is 1. The van der Waals surface area contributed by atoms with E-state index in [-0.39, 0.29) is 37.0 Å². The zero-order valence-corrected chi connectivity index (χ0v) is 15.1. The van der Waals surface area contributed by atoms with Crippen LogP contribution in [0.15, 0.2) is 41.5 Å². The van der Waals surface area contributed by atoms with Crippen molar-refractivity contribution in [3.05, 3.63) is 51.9 Å². The monoisotopic (exact) mass is 387 g/mol. The first-order valence-electron chi connectivity index (χ1n) is 8.26. The van der Waals surface area contributed by atoms with Crippen molar-refractivity contribution in [2.75, 3.05) is 13.2 Å². The number of thiophene rings is 1. The summed E-state index contributed by atoms with van der Waals surface area (Å²) in [5, 5.41) is 13.0. The van der Waals surface area contributed by atoms with E-state index in [1.165, 1.54) is 11.3 Å². The Morgan fingerprint density at radius 2 is 2.15 bits per heavy atom. The standard InChI is InChI=1S/C19H17NO6S/c21-17(20-7-1-4-18(22)23)11-25-12-5-6-14-15(9-12)26-16(19(14)24)10-13-3-2-8-27-13/h2-3,5-6,8-10H,1,4,7,11H2,(H,20,21)(H,22,23). The van der Waals surface area contributed by atoms with Gasteiger partial charge in [0.2, 0.25) is 5.78 Å². The number of nitrogens with one attached hydrogen (secondary N) is 1. The normalized spacial score (nSPS) is 13.9. The van der Waals surface area contributed by atoms with Gasteiger partial charge in [-0.25, -0.2) is 0 Å². The molecule has 0 radical (unpaired) electrons. The molecule has 8 heteroatoms. The molecule has 1 aliphatic rings. The Morgan fingerprint density at radius 1 is 1.30 bits per heavy atom. The number of hydrogen-bond donors (Lipinski definition) is 2. The number of hydrogen-bond acceptors (Lipinski definition) is 6. The third-order valence-corrected chi connectivity index (χ3v) is 4.54. The predicted molar refractivity (Wildman–Crippen MR) is 99.1 cm³/mol. The third kappa shape index (κ3) is 4.95. The van der Waals surface area contributed by atoms with Crippen molar-refractivity contribution in [2.45, 2.75) is 12.8 Å². The van der Waals surface area contributed by atoms with E-state index >= 15 is 0 Å². The fraction of sp³-hybridized carbons (Fsp3) is 0.211. The lowest BCUT2D eigenvalue weighted by Gasteiger charge is -2.08. The topological polar surface area (TPSA) is 102 Å². The van der Waals surface area contributed by atoms with E-state index in [9.17, 15) is 14.4 Å². The summed E-state index contributed by atoms with van der Waals surface area (Å²) in [4.78, 5) is 35.4. The van der Waals surface area contributed by atoms with Crippen LogP contribution >= 0.6 is 11.3 Å². The second kappa shape index (κ2) is 8.50.